The van der Waals surface area contributed by atoms with Gasteiger partial charge in [0, 0.05) is 5.56 Å². The maximum atomic E-state index is 12.4. The van der Waals surface area contributed by atoms with E-state index >= 15 is 0 Å². The van der Waals surface area contributed by atoms with Crippen LogP contribution in [0.15, 0.2) is 90.0 Å². The lowest BCUT2D eigenvalue weighted by atomic mass is 10.1. The number of para-hydroxylation sites is 1. The monoisotopic (exact) mass is 343 g/mol. The first-order valence-electron chi connectivity index (χ1n) is 8.08. The zero-order chi connectivity index (χ0) is 18.2. The highest BCUT2D eigenvalue weighted by Gasteiger charge is 2.13. The lowest BCUT2D eigenvalue weighted by molar-refractivity contribution is 0.0956. The van der Waals surface area contributed by atoms with E-state index in [-0.39, 0.29) is 5.91 Å². The fraction of sp³-hybridized carbons (Fsp3) is 0. The average Bonchev–Trinajstić information content (AvgIpc) is 2.70. The quantitative estimate of drug-likeness (QED) is 0.548. The van der Waals surface area contributed by atoms with E-state index in [0.717, 1.165) is 5.56 Å². The predicted octanol–water partition coefficient (Wildman–Crippen LogP) is 3.70. The van der Waals surface area contributed by atoms with Gasteiger partial charge in [0.05, 0.1) is 17.5 Å². The molecule has 0 saturated carbocycles. The van der Waals surface area contributed by atoms with Gasteiger partial charge >= 0.3 is 0 Å². The van der Waals surface area contributed by atoms with E-state index in [1.807, 2.05) is 36.4 Å². The molecule has 0 fully saturated rings. The van der Waals surface area contributed by atoms with Crippen LogP contribution in [0.1, 0.15) is 26.3 Å². The number of carbonyl (C=O) groups excluding carboxylic acids is 2. The summed E-state index contributed by atoms with van der Waals surface area (Å²) >= 11 is 0. The van der Waals surface area contributed by atoms with Crippen LogP contribution in [0.5, 0.6) is 0 Å². The molecular formula is C21H17N3O2. The van der Waals surface area contributed by atoms with Crippen molar-refractivity contribution in [2.75, 3.05) is 5.32 Å². The molecule has 3 aromatic carbocycles. The summed E-state index contributed by atoms with van der Waals surface area (Å²) in [6.45, 7) is 0. The Morgan fingerprint density at radius 2 is 1.35 bits per heavy atom. The largest absolute Gasteiger partial charge is 0.321 e. The first kappa shape index (κ1) is 17.1. The Bertz CT molecular complexity index is 922. The summed E-state index contributed by atoms with van der Waals surface area (Å²) in [6.07, 6.45) is 1.56. The van der Waals surface area contributed by atoms with E-state index in [0.29, 0.717) is 16.8 Å². The summed E-state index contributed by atoms with van der Waals surface area (Å²) in [5.74, 6) is -0.681. The second-order valence-corrected chi connectivity index (χ2v) is 5.48. The molecule has 0 radical (unpaired) electrons. The normalized spacial score (nSPS) is 10.5. The topological polar surface area (TPSA) is 70.6 Å². The van der Waals surface area contributed by atoms with Crippen LogP contribution < -0.4 is 10.7 Å². The van der Waals surface area contributed by atoms with Crippen LogP contribution in [0.3, 0.4) is 0 Å². The molecule has 26 heavy (non-hydrogen) atoms. The fourth-order valence-electron chi connectivity index (χ4n) is 2.34. The van der Waals surface area contributed by atoms with Crippen LogP contribution in [0.25, 0.3) is 0 Å². The van der Waals surface area contributed by atoms with E-state index in [9.17, 15) is 9.59 Å². The van der Waals surface area contributed by atoms with Crippen LogP contribution in [0.2, 0.25) is 0 Å². The highest BCUT2D eigenvalue weighted by atomic mass is 16.2. The van der Waals surface area contributed by atoms with Crippen molar-refractivity contribution in [3.8, 4) is 0 Å². The molecule has 128 valence electrons. The van der Waals surface area contributed by atoms with Gasteiger partial charge in [0.1, 0.15) is 0 Å². The second-order valence-electron chi connectivity index (χ2n) is 5.48. The molecule has 0 aromatic heterocycles. The smallest absolute Gasteiger partial charge is 0.273 e. The number of anilines is 1. The van der Waals surface area contributed by atoms with Crippen molar-refractivity contribution in [1.82, 2.24) is 5.43 Å². The number of rotatable bonds is 5. The van der Waals surface area contributed by atoms with E-state index < -0.39 is 5.91 Å². The first-order valence-corrected chi connectivity index (χ1v) is 8.08. The highest BCUT2D eigenvalue weighted by molar-refractivity contribution is 6.09. The lowest BCUT2D eigenvalue weighted by Gasteiger charge is -2.10. The zero-order valence-corrected chi connectivity index (χ0v) is 13.9. The molecule has 5 heteroatoms. The SMILES string of the molecule is O=C(Nc1ccccc1C(=O)NN=Cc1ccccc1)c1ccccc1. The maximum Gasteiger partial charge on any atom is 0.273 e. The zero-order valence-electron chi connectivity index (χ0n) is 13.9. The molecule has 0 saturated heterocycles. The molecule has 0 aliphatic heterocycles. The molecule has 3 aromatic rings. The maximum absolute atomic E-state index is 12.4. The standard InChI is InChI=1S/C21H17N3O2/c25-20(17-11-5-2-6-12-17)23-19-14-8-7-13-18(19)21(26)24-22-15-16-9-3-1-4-10-16/h1-15H,(H,23,25)(H,24,26). The highest BCUT2D eigenvalue weighted by Crippen LogP contribution is 2.16. The Balaban J connectivity index is 1.71. The molecule has 0 bridgehead atoms. The van der Waals surface area contributed by atoms with Crippen LogP contribution in [0, 0.1) is 0 Å². The molecule has 0 aliphatic carbocycles. The third kappa shape index (κ3) is 4.42. The van der Waals surface area contributed by atoms with Crippen LogP contribution in [-0.2, 0) is 0 Å². The number of hydrazone groups is 1. The third-order valence-electron chi connectivity index (χ3n) is 3.64. The summed E-state index contributed by atoms with van der Waals surface area (Å²) in [5, 5.41) is 6.72. The average molecular weight is 343 g/mol. The van der Waals surface area contributed by atoms with Gasteiger partial charge in [-0.15, -0.1) is 0 Å². The van der Waals surface area contributed by atoms with Gasteiger partial charge in [0.2, 0.25) is 0 Å². The molecular weight excluding hydrogens is 326 g/mol. The summed E-state index contributed by atoms with van der Waals surface area (Å²) < 4.78 is 0. The van der Waals surface area contributed by atoms with Crippen molar-refractivity contribution >= 4 is 23.7 Å². The predicted molar refractivity (Wildman–Crippen MR) is 102 cm³/mol. The summed E-state index contributed by atoms with van der Waals surface area (Å²) in [5.41, 5.74) is 4.63. The van der Waals surface area contributed by atoms with Gasteiger partial charge in [-0.2, -0.15) is 5.10 Å². The molecule has 0 unspecified atom stereocenters. The molecule has 5 nitrogen and oxygen atoms in total. The van der Waals surface area contributed by atoms with E-state index in [4.69, 9.17) is 0 Å². The van der Waals surface area contributed by atoms with Crippen molar-refractivity contribution in [1.29, 1.82) is 0 Å². The van der Waals surface area contributed by atoms with Gasteiger partial charge in [-0.1, -0.05) is 60.7 Å². The molecule has 2 N–H and O–H groups in total. The molecule has 0 spiro atoms. The molecule has 0 heterocycles. The van der Waals surface area contributed by atoms with Gasteiger partial charge in [0.25, 0.3) is 11.8 Å². The molecule has 3 rings (SSSR count). The second kappa shape index (κ2) is 8.39. The minimum Gasteiger partial charge on any atom is -0.321 e. The van der Waals surface area contributed by atoms with E-state index in [1.165, 1.54) is 0 Å². The number of hydrogen-bond acceptors (Lipinski definition) is 3. The Kier molecular flexibility index (Phi) is 5.52. The van der Waals surface area contributed by atoms with Crippen molar-refractivity contribution in [3.05, 3.63) is 102 Å². The fourth-order valence-corrected chi connectivity index (χ4v) is 2.34. The van der Waals surface area contributed by atoms with Crippen molar-refractivity contribution in [2.24, 2.45) is 5.10 Å². The summed E-state index contributed by atoms with van der Waals surface area (Å²) in [4.78, 5) is 24.7. The molecule has 0 atom stereocenters. The van der Waals surface area contributed by atoms with Gasteiger partial charge < -0.3 is 5.32 Å². The minimum absolute atomic E-state index is 0.279. The van der Waals surface area contributed by atoms with Gasteiger partial charge in [0.15, 0.2) is 0 Å². The van der Waals surface area contributed by atoms with E-state index in [1.54, 1.807) is 54.7 Å². The number of benzene rings is 3. The number of hydrogen-bond donors (Lipinski definition) is 2. The van der Waals surface area contributed by atoms with Crippen LogP contribution in [0.4, 0.5) is 5.69 Å². The van der Waals surface area contributed by atoms with Crippen molar-refractivity contribution in [2.45, 2.75) is 0 Å². The summed E-state index contributed by atoms with van der Waals surface area (Å²) in [7, 11) is 0. The number of nitrogens with one attached hydrogen (secondary N) is 2. The first-order chi connectivity index (χ1) is 12.7. The Labute approximate surface area is 151 Å². The molecule has 0 aliphatic rings. The Morgan fingerprint density at radius 1 is 0.731 bits per heavy atom. The van der Waals surface area contributed by atoms with Gasteiger partial charge in [-0.05, 0) is 29.8 Å². The number of amides is 2. The van der Waals surface area contributed by atoms with Crippen molar-refractivity contribution in [3.63, 3.8) is 0 Å². The van der Waals surface area contributed by atoms with Gasteiger partial charge in [-0.3, -0.25) is 9.59 Å². The van der Waals surface area contributed by atoms with E-state index in [2.05, 4.69) is 15.8 Å². The summed E-state index contributed by atoms with van der Waals surface area (Å²) in [6, 6.07) is 25.1. The van der Waals surface area contributed by atoms with Gasteiger partial charge in [-0.25, -0.2) is 5.43 Å². The molecule has 2 amide bonds. The number of carbonyl (C=O) groups is 2. The van der Waals surface area contributed by atoms with Crippen molar-refractivity contribution < 1.29 is 9.59 Å². The minimum atomic E-state index is -0.402. The Morgan fingerprint density at radius 3 is 2.08 bits per heavy atom. The Hall–Kier alpha value is -3.73. The number of nitrogens with zero attached hydrogens (tertiary/aromatic N) is 1. The van der Waals surface area contributed by atoms with Crippen LogP contribution >= 0.6 is 0 Å². The third-order valence-corrected chi connectivity index (χ3v) is 3.64. The van der Waals surface area contributed by atoms with Crippen LogP contribution in [-0.4, -0.2) is 18.0 Å². The lowest BCUT2D eigenvalue weighted by Crippen LogP contribution is -2.21.